The Morgan fingerprint density at radius 2 is 2.00 bits per heavy atom. The zero-order valence-corrected chi connectivity index (χ0v) is 10.9. The van der Waals surface area contributed by atoms with Gasteiger partial charge in [-0.1, -0.05) is 23.9 Å². The summed E-state index contributed by atoms with van der Waals surface area (Å²) in [7, 11) is 0. The number of para-hydroxylation sites is 1. The fourth-order valence-electron chi connectivity index (χ4n) is 1.50. The molecular formula is C13H10F2N2O2S. The molecule has 1 aromatic carbocycles. The smallest absolute Gasteiger partial charge is 0.337 e. The summed E-state index contributed by atoms with van der Waals surface area (Å²) in [5, 5.41) is 11.6. The van der Waals surface area contributed by atoms with Crippen LogP contribution in [0.15, 0.2) is 47.5 Å². The summed E-state index contributed by atoms with van der Waals surface area (Å²) in [4.78, 5) is 15.0. The lowest BCUT2D eigenvalue weighted by atomic mass is 10.3. The molecule has 0 aliphatic heterocycles. The van der Waals surface area contributed by atoms with Crippen LogP contribution < -0.4 is 5.32 Å². The van der Waals surface area contributed by atoms with Crippen molar-refractivity contribution in [1.29, 1.82) is 0 Å². The molecule has 2 N–H and O–H groups in total. The number of alkyl halides is 2. The lowest BCUT2D eigenvalue weighted by Crippen LogP contribution is -2.00. The Balaban J connectivity index is 2.19. The van der Waals surface area contributed by atoms with Crippen LogP contribution in [0.2, 0.25) is 0 Å². The number of carbonyl (C=O) groups is 1. The minimum Gasteiger partial charge on any atom is -0.478 e. The summed E-state index contributed by atoms with van der Waals surface area (Å²) in [5.41, 5.74) is 0.555. The fourth-order valence-corrected chi connectivity index (χ4v) is 2.10. The molecule has 0 unspecified atom stereocenters. The molecule has 2 rings (SSSR count). The third kappa shape index (κ3) is 3.67. The molecule has 0 spiro atoms. The van der Waals surface area contributed by atoms with E-state index >= 15 is 0 Å². The predicted octanol–water partition coefficient (Wildman–Crippen LogP) is 3.84. The summed E-state index contributed by atoms with van der Waals surface area (Å²) in [5.74, 6) is -3.20. The highest BCUT2D eigenvalue weighted by atomic mass is 32.2. The van der Waals surface area contributed by atoms with Crippen molar-refractivity contribution in [2.45, 2.75) is 10.7 Å². The number of aromatic nitrogens is 1. The molecule has 0 amide bonds. The average molecular weight is 296 g/mol. The molecular weight excluding hydrogens is 286 g/mol. The average Bonchev–Trinajstić information content (AvgIpc) is 2.41. The number of rotatable bonds is 5. The molecule has 4 nitrogen and oxygen atoms in total. The van der Waals surface area contributed by atoms with Gasteiger partial charge in [0.05, 0.1) is 11.3 Å². The summed E-state index contributed by atoms with van der Waals surface area (Å²) in [6, 6.07) is 9.47. The predicted molar refractivity (Wildman–Crippen MR) is 72.8 cm³/mol. The highest BCUT2D eigenvalue weighted by molar-refractivity contribution is 7.99. The quantitative estimate of drug-likeness (QED) is 0.821. The summed E-state index contributed by atoms with van der Waals surface area (Å²) in [6.07, 6.45) is 1.20. The van der Waals surface area contributed by atoms with Crippen LogP contribution in [-0.4, -0.2) is 21.8 Å². The number of nitrogens with zero attached hydrogens (tertiary/aromatic N) is 1. The normalized spacial score (nSPS) is 10.6. The number of halogens is 2. The zero-order chi connectivity index (χ0) is 14.5. The molecule has 0 radical (unpaired) electrons. The first-order valence-corrected chi connectivity index (χ1v) is 6.44. The van der Waals surface area contributed by atoms with Crippen molar-refractivity contribution in [3.8, 4) is 0 Å². The number of hydrogen-bond donors (Lipinski definition) is 2. The maximum absolute atomic E-state index is 12.4. The Labute approximate surface area is 117 Å². The Kier molecular flexibility index (Phi) is 4.52. The zero-order valence-electron chi connectivity index (χ0n) is 10.1. The van der Waals surface area contributed by atoms with Gasteiger partial charge in [-0.3, -0.25) is 0 Å². The van der Waals surface area contributed by atoms with Gasteiger partial charge in [0, 0.05) is 11.1 Å². The minimum atomic E-state index is -2.51. The largest absolute Gasteiger partial charge is 0.478 e. The standard InChI is InChI=1S/C13H10F2N2O2S/c14-13(15)20-10-4-2-1-3-9(10)17-11-6-5-8(7-16-11)12(18)19/h1-7,13H,(H,16,17)(H,18,19). The van der Waals surface area contributed by atoms with E-state index in [1.54, 1.807) is 24.3 Å². The van der Waals surface area contributed by atoms with Gasteiger partial charge in [-0.25, -0.2) is 9.78 Å². The van der Waals surface area contributed by atoms with E-state index in [0.29, 0.717) is 28.2 Å². The number of carboxylic acids is 1. The van der Waals surface area contributed by atoms with Crippen molar-refractivity contribution in [2.75, 3.05) is 5.32 Å². The van der Waals surface area contributed by atoms with E-state index in [9.17, 15) is 13.6 Å². The van der Waals surface area contributed by atoms with Gasteiger partial charge in [-0.15, -0.1) is 0 Å². The van der Waals surface area contributed by atoms with Crippen LogP contribution in [0, 0.1) is 0 Å². The summed E-state index contributed by atoms with van der Waals surface area (Å²) >= 11 is 0.435. The van der Waals surface area contributed by atoms with Crippen molar-refractivity contribution < 1.29 is 18.7 Å². The second kappa shape index (κ2) is 6.33. The highest BCUT2D eigenvalue weighted by Gasteiger charge is 2.10. The van der Waals surface area contributed by atoms with Crippen molar-refractivity contribution in [3.63, 3.8) is 0 Å². The Hall–Kier alpha value is -2.15. The van der Waals surface area contributed by atoms with Crippen molar-refractivity contribution in [3.05, 3.63) is 48.2 Å². The van der Waals surface area contributed by atoms with E-state index < -0.39 is 11.7 Å². The van der Waals surface area contributed by atoms with E-state index in [1.807, 2.05) is 0 Å². The van der Waals surface area contributed by atoms with Crippen LogP contribution in [-0.2, 0) is 0 Å². The first-order valence-electron chi connectivity index (χ1n) is 5.56. The molecule has 104 valence electrons. The van der Waals surface area contributed by atoms with Gasteiger partial charge in [-0.2, -0.15) is 8.78 Å². The summed E-state index contributed by atoms with van der Waals surface area (Å²) < 4.78 is 24.9. The van der Waals surface area contributed by atoms with Crippen LogP contribution in [0.3, 0.4) is 0 Å². The Bertz CT molecular complexity index is 606. The van der Waals surface area contributed by atoms with Gasteiger partial charge in [0.15, 0.2) is 0 Å². The van der Waals surface area contributed by atoms with Gasteiger partial charge in [0.2, 0.25) is 0 Å². The molecule has 0 saturated carbocycles. The number of carboxylic acid groups (broad SMARTS) is 1. The monoisotopic (exact) mass is 296 g/mol. The van der Waals surface area contributed by atoms with E-state index in [0.717, 1.165) is 0 Å². The fraction of sp³-hybridized carbons (Fsp3) is 0.0769. The molecule has 7 heteroatoms. The number of hydrogen-bond acceptors (Lipinski definition) is 4. The van der Waals surface area contributed by atoms with E-state index in [2.05, 4.69) is 10.3 Å². The minimum absolute atomic E-state index is 0.0609. The van der Waals surface area contributed by atoms with Crippen molar-refractivity contribution >= 4 is 29.2 Å². The van der Waals surface area contributed by atoms with Crippen LogP contribution in [0.1, 0.15) is 10.4 Å². The molecule has 1 aromatic heterocycles. The number of benzene rings is 1. The highest BCUT2D eigenvalue weighted by Crippen LogP contribution is 2.32. The maximum atomic E-state index is 12.4. The molecule has 20 heavy (non-hydrogen) atoms. The molecule has 2 aromatic rings. The van der Waals surface area contributed by atoms with Crippen LogP contribution >= 0.6 is 11.8 Å². The molecule has 0 aliphatic rings. The number of thioether (sulfide) groups is 1. The third-order valence-electron chi connectivity index (χ3n) is 2.38. The van der Waals surface area contributed by atoms with Gasteiger partial charge in [0.1, 0.15) is 5.82 Å². The van der Waals surface area contributed by atoms with Crippen LogP contribution in [0.5, 0.6) is 0 Å². The first kappa shape index (κ1) is 14.3. The lowest BCUT2D eigenvalue weighted by Gasteiger charge is -2.10. The number of pyridine rings is 1. The lowest BCUT2D eigenvalue weighted by molar-refractivity contribution is 0.0696. The van der Waals surface area contributed by atoms with Gasteiger partial charge in [0.25, 0.3) is 5.76 Å². The maximum Gasteiger partial charge on any atom is 0.337 e. The van der Waals surface area contributed by atoms with E-state index in [-0.39, 0.29) is 5.56 Å². The van der Waals surface area contributed by atoms with Crippen LogP contribution in [0.25, 0.3) is 0 Å². The van der Waals surface area contributed by atoms with E-state index in [1.165, 1.54) is 18.3 Å². The van der Waals surface area contributed by atoms with Gasteiger partial charge >= 0.3 is 5.97 Å². The van der Waals surface area contributed by atoms with Gasteiger partial charge in [-0.05, 0) is 24.3 Å². The number of aromatic carboxylic acids is 1. The second-order valence-electron chi connectivity index (χ2n) is 3.74. The molecule has 0 saturated heterocycles. The molecule has 0 aliphatic carbocycles. The van der Waals surface area contributed by atoms with Gasteiger partial charge < -0.3 is 10.4 Å². The topological polar surface area (TPSA) is 62.2 Å². The Morgan fingerprint density at radius 1 is 1.25 bits per heavy atom. The Morgan fingerprint density at radius 3 is 2.60 bits per heavy atom. The van der Waals surface area contributed by atoms with Crippen molar-refractivity contribution in [2.24, 2.45) is 0 Å². The van der Waals surface area contributed by atoms with Crippen LogP contribution in [0.4, 0.5) is 20.3 Å². The molecule has 0 bridgehead atoms. The molecule has 1 heterocycles. The first-order chi connectivity index (χ1) is 9.56. The van der Waals surface area contributed by atoms with Crippen molar-refractivity contribution in [1.82, 2.24) is 4.98 Å². The van der Waals surface area contributed by atoms with E-state index in [4.69, 9.17) is 5.11 Å². The SMILES string of the molecule is O=C(O)c1ccc(Nc2ccccc2SC(F)F)nc1. The molecule has 0 fully saturated rings. The number of nitrogens with one attached hydrogen (secondary N) is 1. The molecule has 0 atom stereocenters. The number of anilines is 2. The summed E-state index contributed by atoms with van der Waals surface area (Å²) in [6.45, 7) is 0. The third-order valence-corrected chi connectivity index (χ3v) is 3.16. The second-order valence-corrected chi connectivity index (χ2v) is 4.77.